The van der Waals surface area contributed by atoms with Crippen molar-refractivity contribution in [3.05, 3.63) is 77.4 Å². The number of aromatic nitrogens is 2. The molecule has 3 amide bonds. The van der Waals surface area contributed by atoms with E-state index in [9.17, 15) is 18.8 Å². The zero-order chi connectivity index (χ0) is 19.1. The summed E-state index contributed by atoms with van der Waals surface area (Å²) in [5, 5.41) is 6.55. The molecule has 0 atom stereocenters. The second-order valence-electron chi connectivity index (χ2n) is 6.00. The molecule has 0 saturated heterocycles. The summed E-state index contributed by atoms with van der Waals surface area (Å²) < 4.78 is 15.7. The molecular weight excluding hydrogens is 351 g/mol. The number of halogens is 1. The number of nitrogens with one attached hydrogen (secondary N) is 1. The van der Waals surface area contributed by atoms with Crippen LogP contribution in [0.15, 0.2) is 54.9 Å². The van der Waals surface area contributed by atoms with Crippen molar-refractivity contribution in [1.29, 1.82) is 0 Å². The van der Waals surface area contributed by atoms with Gasteiger partial charge in [0, 0.05) is 30.7 Å². The van der Waals surface area contributed by atoms with Crippen molar-refractivity contribution in [1.82, 2.24) is 14.7 Å². The van der Waals surface area contributed by atoms with Gasteiger partial charge in [0.25, 0.3) is 17.7 Å². The lowest BCUT2D eigenvalue weighted by Gasteiger charge is -2.09. The highest BCUT2D eigenvalue weighted by atomic mass is 19.1. The number of rotatable bonds is 3. The van der Waals surface area contributed by atoms with E-state index in [-0.39, 0.29) is 28.1 Å². The van der Waals surface area contributed by atoms with Crippen molar-refractivity contribution in [2.45, 2.75) is 0 Å². The first-order chi connectivity index (χ1) is 13.0. The van der Waals surface area contributed by atoms with Crippen molar-refractivity contribution >= 4 is 23.4 Å². The molecule has 2 heterocycles. The Bertz CT molecular complexity index is 1090. The summed E-state index contributed by atoms with van der Waals surface area (Å²) in [6, 6.07) is 10.2. The summed E-state index contributed by atoms with van der Waals surface area (Å²) in [7, 11) is 1.38. The maximum atomic E-state index is 14.3. The Morgan fingerprint density at radius 1 is 1.07 bits per heavy atom. The van der Waals surface area contributed by atoms with Gasteiger partial charge < -0.3 is 5.32 Å². The van der Waals surface area contributed by atoms with Gasteiger partial charge in [0.05, 0.1) is 11.1 Å². The van der Waals surface area contributed by atoms with Gasteiger partial charge in [0.1, 0.15) is 5.69 Å². The molecule has 27 heavy (non-hydrogen) atoms. The van der Waals surface area contributed by atoms with Crippen LogP contribution < -0.4 is 5.32 Å². The van der Waals surface area contributed by atoms with Gasteiger partial charge >= 0.3 is 0 Å². The maximum absolute atomic E-state index is 14.3. The normalized spacial score (nSPS) is 13.0. The minimum absolute atomic E-state index is 0.176. The lowest BCUT2D eigenvalue weighted by Crippen LogP contribution is -2.24. The zero-order valence-corrected chi connectivity index (χ0v) is 14.1. The predicted molar refractivity (Wildman–Crippen MR) is 94.3 cm³/mol. The van der Waals surface area contributed by atoms with E-state index in [1.807, 2.05) is 0 Å². The molecule has 1 aromatic heterocycles. The Morgan fingerprint density at radius 2 is 1.85 bits per heavy atom. The quantitative estimate of drug-likeness (QED) is 0.724. The van der Waals surface area contributed by atoms with Gasteiger partial charge in [0.15, 0.2) is 5.82 Å². The zero-order valence-electron chi connectivity index (χ0n) is 14.1. The van der Waals surface area contributed by atoms with Crippen molar-refractivity contribution in [2.75, 3.05) is 12.4 Å². The molecule has 2 aromatic carbocycles. The standard InChI is InChI=1S/C19H13FN4O3/c1-23-18(26)13-5-3-11(9-14(13)19(23)27)17(25)22-12-4-6-16(15(20)10-12)24-8-2-7-21-24/h2-10H,1H3,(H,22,25). The van der Waals surface area contributed by atoms with Crippen LogP contribution in [-0.2, 0) is 0 Å². The number of hydrogen-bond donors (Lipinski definition) is 1. The average molecular weight is 364 g/mol. The summed E-state index contributed by atoms with van der Waals surface area (Å²) in [5.74, 6) is -1.93. The van der Waals surface area contributed by atoms with E-state index in [1.54, 1.807) is 18.3 Å². The second-order valence-corrected chi connectivity index (χ2v) is 6.00. The van der Waals surface area contributed by atoms with E-state index in [0.717, 1.165) is 4.90 Å². The summed E-state index contributed by atoms with van der Waals surface area (Å²) in [6.45, 7) is 0. The molecule has 0 saturated carbocycles. The lowest BCUT2D eigenvalue weighted by atomic mass is 10.1. The highest BCUT2D eigenvalue weighted by Gasteiger charge is 2.33. The van der Waals surface area contributed by atoms with E-state index in [4.69, 9.17) is 0 Å². The highest BCUT2D eigenvalue weighted by Crippen LogP contribution is 2.24. The van der Waals surface area contributed by atoms with E-state index in [2.05, 4.69) is 10.4 Å². The number of benzene rings is 2. The van der Waals surface area contributed by atoms with Gasteiger partial charge in [-0.3, -0.25) is 19.3 Å². The minimum atomic E-state index is -0.548. The molecule has 4 rings (SSSR count). The van der Waals surface area contributed by atoms with Crippen molar-refractivity contribution in [3.63, 3.8) is 0 Å². The Morgan fingerprint density at radius 3 is 2.56 bits per heavy atom. The third-order valence-electron chi connectivity index (χ3n) is 4.31. The number of fused-ring (bicyclic) bond motifs is 1. The number of amides is 3. The van der Waals surface area contributed by atoms with Crippen LogP contribution in [0.2, 0.25) is 0 Å². The van der Waals surface area contributed by atoms with Crippen molar-refractivity contribution < 1.29 is 18.8 Å². The van der Waals surface area contributed by atoms with E-state index < -0.39 is 23.5 Å². The Labute approximate surface area is 153 Å². The van der Waals surface area contributed by atoms with Crippen molar-refractivity contribution in [3.8, 4) is 5.69 Å². The Balaban J connectivity index is 1.58. The number of hydrogen-bond acceptors (Lipinski definition) is 4. The number of anilines is 1. The molecule has 134 valence electrons. The number of carbonyl (C=O) groups is 3. The van der Waals surface area contributed by atoms with Crippen LogP contribution in [0.25, 0.3) is 5.69 Å². The molecule has 7 nitrogen and oxygen atoms in total. The molecular formula is C19H13FN4O3. The first kappa shape index (κ1) is 16.6. The number of nitrogens with zero attached hydrogens (tertiary/aromatic N) is 3. The van der Waals surface area contributed by atoms with Crippen LogP contribution in [0, 0.1) is 5.82 Å². The Hall–Kier alpha value is -3.81. The fraction of sp³-hybridized carbons (Fsp3) is 0.0526. The predicted octanol–water partition coefficient (Wildman–Crippen LogP) is 2.49. The Kier molecular flexibility index (Phi) is 3.80. The van der Waals surface area contributed by atoms with Crippen LogP contribution in [0.3, 0.4) is 0 Å². The molecule has 1 N–H and O–H groups in total. The van der Waals surface area contributed by atoms with Crippen molar-refractivity contribution in [2.24, 2.45) is 0 Å². The van der Waals surface area contributed by atoms with Crippen LogP contribution in [0.1, 0.15) is 31.1 Å². The molecule has 0 spiro atoms. The third kappa shape index (κ3) is 2.77. The van der Waals surface area contributed by atoms with E-state index in [1.165, 1.54) is 48.3 Å². The minimum Gasteiger partial charge on any atom is -0.322 e. The van der Waals surface area contributed by atoms with Crippen LogP contribution >= 0.6 is 0 Å². The van der Waals surface area contributed by atoms with Gasteiger partial charge in [-0.25, -0.2) is 9.07 Å². The second kappa shape index (κ2) is 6.17. The SMILES string of the molecule is CN1C(=O)c2ccc(C(=O)Nc3ccc(-n4cccn4)c(F)c3)cc2C1=O. The molecule has 0 bridgehead atoms. The van der Waals surface area contributed by atoms with Gasteiger partial charge in [0.2, 0.25) is 0 Å². The molecule has 8 heteroatoms. The van der Waals surface area contributed by atoms with Crippen LogP contribution in [0.5, 0.6) is 0 Å². The van der Waals surface area contributed by atoms with Gasteiger partial charge in [-0.1, -0.05) is 0 Å². The summed E-state index contributed by atoms with van der Waals surface area (Å²) in [6.07, 6.45) is 3.14. The fourth-order valence-electron chi connectivity index (χ4n) is 2.89. The largest absolute Gasteiger partial charge is 0.322 e. The molecule has 0 radical (unpaired) electrons. The van der Waals surface area contributed by atoms with Gasteiger partial charge in [-0.2, -0.15) is 5.10 Å². The molecule has 1 aliphatic heterocycles. The number of carbonyl (C=O) groups excluding carboxylic acids is 3. The van der Waals surface area contributed by atoms with E-state index >= 15 is 0 Å². The maximum Gasteiger partial charge on any atom is 0.261 e. The molecule has 0 aliphatic carbocycles. The lowest BCUT2D eigenvalue weighted by molar-refractivity contribution is 0.0693. The smallest absolute Gasteiger partial charge is 0.261 e. The fourth-order valence-corrected chi connectivity index (χ4v) is 2.89. The third-order valence-corrected chi connectivity index (χ3v) is 4.31. The molecule has 0 unspecified atom stereocenters. The van der Waals surface area contributed by atoms with Crippen LogP contribution in [0.4, 0.5) is 10.1 Å². The average Bonchev–Trinajstić information content (AvgIpc) is 3.26. The first-order valence-electron chi connectivity index (χ1n) is 8.03. The first-order valence-corrected chi connectivity index (χ1v) is 8.03. The topological polar surface area (TPSA) is 84.3 Å². The highest BCUT2D eigenvalue weighted by molar-refractivity contribution is 6.22. The van der Waals surface area contributed by atoms with E-state index in [0.29, 0.717) is 0 Å². The van der Waals surface area contributed by atoms with Crippen LogP contribution in [-0.4, -0.2) is 39.4 Å². The molecule has 0 fully saturated rings. The summed E-state index contributed by atoms with van der Waals surface area (Å²) in [5.41, 5.74) is 1.14. The molecule has 1 aliphatic rings. The van der Waals surface area contributed by atoms with Gasteiger partial charge in [-0.15, -0.1) is 0 Å². The monoisotopic (exact) mass is 364 g/mol. The van der Waals surface area contributed by atoms with Gasteiger partial charge in [-0.05, 0) is 42.5 Å². The summed E-state index contributed by atoms with van der Waals surface area (Å²) in [4.78, 5) is 37.4. The number of imide groups is 1. The summed E-state index contributed by atoms with van der Waals surface area (Å²) >= 11 is 0. The molecule has 3 aromatic rings.